The Morgan fingerprint density at radius 2 is 1.73 bits per heavy atom. The summed E-state index contributed by atoms with van der Waals surface area (Å²) in [7, 11) is 1.87. The second-order valence-electron chi connectivity index (χ2n) is 9.05. The third kappa shape index (κ3) is 6.22. The summed E-state index contributed by atoms with van der Waals surface area (Å²) in [6.07, 6.45) is 3.35. The summed E-state index contributed by atoms with van der Waals surface area (Å²) >= 11 is 0. The molecule has 0 aliphatic carbocycles. The predicted molar refractivity (Wildman–Crippen MR) is 142 cm³/mol. The molecule has 37 heavy (non-hydrogen) atoms. The van der Waals surface area contributed by atoms with E-state index in [-0.39, 0.29) is 23.2 Å². The maximum atomic E-state index is 13.5. The number of sulfonamides is 1. The number of nitrogens with one attached hydrogen (secondary N) is 2. The van der Waals surface area contributed by atoms with Gasteiger partial charge in [0.25, 0.3) is 5.91 Å². The molecule has 0 saturated heterocycles. The SMILES string of the molecule is CNS(=O)(=O)c1ccc(CNC(=O)c2cc(CCCN(C)C)cc3c2cnn3-c2ccc(F)cc2)cc1. The third-order valence-electron chi connectivity index (χ3n) is 6.09. The highest BCUT2D eigenvalue weighted by molar-refractivity contribution is 7.89. The number of nitrogens with zero attached hydrogens (tertiary/aromatic N) is 3. The van der Waals surface area contributed by atoms with Gasteiger partial charge in [-0.1, -0.05) is 12.1 Å². The van der Waals surface area contributed by atoms with E-state index >= 15 is 0 Å². The Balaban J connectivity index is 1.62. The molecule has 0 atom stereocenters. The van der Waals surface area contributed by atoms with Crippen LogP contribution in [0.4, 0.5) is 4.39 Å². The Hall–Kier alpha value is -3.60. The minimum Gasteiger partial charge on any atom is -0.348 e. The van der Waals surface area contributed by atoms with E-state index in [1.54, 1.807) is 35.1 Å². The molecule has 0 aliphatic heterocycles. The molecule has 0 aliphatic rings. The lowest BCUT2D eigenvalue weighted by atomic mass is 10.0. The van der Waals surface area contributed by atoms with Gasteiger partial charge in [0.05, 0.1) is 27.9 Å². The molecule has 0 bridgehead atoms. The molecular weight excluding hydrogens is 493 g/mol. The van der Waals surface area contributed by atoms with Crippen molar-refractivity contribution in [2.45, 2.75) is 24.3 Å². The summed E-state index contributed by atoms with van der Waals surface area (Å²) < 4.78 is 41.4. The first-order chi connectivity index (χ1) is 17.7. The molecule has 3 aromatic carbocycles. The van der Waals surface area contributed by atoms with Gasteiger partial charge < -0.3 is 10.2 Å². The van der Waals surface area contributed by atoms with Crippen molar-refractivity contribution < 1.29 is 17.6 Å². The van der Waals surface area contributed by atoms with E-state index in [1.165, 1.54) is 31.3 Å². The number of aromatic nitrogens is 2. The Bertz CT molecular complexity index is 1500. The molecule has 1 aromatic heterocycles. The maximum absolute atomic E-state index is 13.5. The standard InChI is InChI=1S/C27H30FN5O3S/c1-29-37(35,36)23-12-6-19(7-13-23)17-30-27(34)24-15-20(5-4-14-32(2)3)16-26-25(24)18-31-33(26)22-10-8-21(28)9-11-22/h6-13,15-16,18,29H,4-5,14,17H2,1-3H3,(H,30,34). The largest absolute Gasteiger partial charge is 0.348 e. The second-order valence-corrected chi connectivity index (χ2v) is 10.9. The minimum atomic E-state index is -3.52. The van der Waals surface area contributed by atoms with Crippen molar-refractivity contribution in [2.24, 2.45) is 0 Å². The molecule has 0 saturated carbocycles. The summed E-state index contributed by atoms with van der Waals surface area (Å²) in [5.41, 5.74) is 3.74. The molecule has 194 valence electrons. The van der Waals surface area contributed by atoms with Crippen molar-refractivity contribution in [3.05, 3.63) is 89.4 Å². The number of carbonyl (C=O) groups is 1. The van der Waals surface area contributed by atoms with Gasteiger partial charge in [-0.3, -0.25) is 4.79 Å². The number of hydrogen-bond acceptors (Lipinski definition) is 5. The Morgan fingerprint density at radius 1 is 1.03 bits per heavy atom. The zero-order valence-electron chi connectivity index (χ0n) is 21.0. The monoisotopic (exact) mass is 523 g/mol. The molecule has 4 rings (SSSR count). The number of carbonyl (C=O) groups excluding carboxylic acids is 1. The number of amides is 1. The fraction of sp³-hybridized carbons (Fsp3) is 0.259. The van der Waals surface area contributed by atoms with Crippen LogP contribution in [-0.2, 0) is 23.0 Å². The average molecular weight is 524 g/mol. The lowest BCUT2D eigenvalue weighted by molar-refractivity contribution is 0.0952. The molecule has 8 nitrogen and oxygen atoms in total. The molecule has 0 fully saturated rings. The van der Waals surface area contributed by atoms with Crippen molar-refractivity contribution in [3.63, 3.8) is 0 Å². The molecule has 0 radical (unpaired) electrons. The highest BCUT2D eigenvalue weighted by atomic mass is 32.2. The van der Waals surface area contributed by atoms with E-state index in [4.69, 9.17) is 0 Å². The number of aryl methyl sites for hydroxylation is 1. The quantitative estimate of drug-likeness (QED) is 0.332. The van der Waals surface area contributed by atoms with Crippen LogP contribution in [0.5, 0.6) is 0 Å². The van der Waals surface area contributed by atoms with Gasteiger partial charge in [0.15, 0.2) is 0 Å². The van der Waals surface area contributed by atoms with Crippen molar-refractivity contribution in [1.29, 1.82) is 0 Å². The number of rotatable bonds is 10. The van der Waals surface area contributed by atoms with Crippen molar-refractivity contribution in [1.82, 2.24) is 24.7 Å². The van der Waals surface area contributed by atoms with E-state index in [1.807, 2.05) is 26.2 Å². The highest BCUT2D eigenvalue weighted by Gasteiger charge is 2.17. The number of hydrogen-bond donors (Lipinski definition) is 2. The van der Waals surface area contributed by atoms with Crippen molar-refractivity contribution >= 4 is 26.8 Å². The zero-order valence-corrected chi connectivity index (χ0v) is 21.8. The summed E-state index contributed by atoms with van der Waals surface area (Å²) in [5.74, 6) is -0.591. The number of benzene rings is 3. The zero-order chi connectivity index (χ0) is 26.6. The van der Waals surface area contributed by atoms with Gasteiger partial charge in [0.2, 0.25) is 10.0 Å². The summed E-state index contributed by atoms with van der Waals surface area (Å²) in [6.45, 7) is 1.15. The van der Waals surface area contributed by atoms with Gasteiger partial charge in [-0.2, -0.15) is 5.10 Å². The lowest BCUT2D eigenvalue weighted by Crippen LogP contribution is -2.23. The van der Waals surface area contributed by atoms with Gasteiger partial charge in [0, 0.05) is 11.9 Å². The molecule has 0 unspecified atom stereocenters. The lowest BCUT2D eigenvalue weighted by Gasteiger charge is -2.12. The summed E-state index contributed by atoms with van der Waals surface area (Å²) in [4.78, 5) is 15.6. The third-order valence-corrected chi connectivity index (χ3v) is 7.52. The van der Waals surface area contributed by atoms with Crippen LogP contribution >= 0.6 is 0 Å². The normalized spacial score (nSPS) is 11.8. The predicted octanol–water partition coefficient (Wildman–Crippen LogP) is 3.50. The second kappa shape index (κ2) is 11.2. The van der Waals surface area contributed by atoms with Crippen LogP contribution in [-0.4, -0.2) is 56.7 Å². The van der Waals surface area contributed by atoms with E-state index in [0.29, 0.717) is 16.6 Å². The number of fused-ring (bicyclic) bond motifs is 1. The average Bonchev–Trinajstić information content (AvgIpc) is 3.31. The van der Waals surface area contributed by atoms with Crippen molar-refractivity contribution in [3.8, 4) is 5.69 Å². The Labute approximate surface area is 216 Å². The topological polar surface area (TPSA) is 96.3 Å². The number of halogens is 1. The van der Waals surface area contributed by atoms with Crippen LogP contribution in [0.25, 0.3) is 16.6 Å². The first kappa shape index (κ1) is 26.5. The first-order valence-electron chi connectivity index (χ1n) is 11.9. The van der Waals surface area contributed by atoms with Crippen LogP contribution in [0.3, 0.4) is 0 Å². The van der Waals surface area contributed by atoms with E-state index in [9.17, 15) is 17.6 Å². The molecular formula is C27H30FN5O3S. The van der Waals surface area contributed by atoms with Gasteiger partial charge in [0.1, 0.15) is 5.82 Å². The van der Waals surface area contributed by atoms with Crippen LogP contribution in [0.15, 0.2) is 71.8 Å². The summed E-state index contributed by atoms with van der Waals surface area (Å²) in [6, 6.07) is 16.3. The summed E-state index contributed by atoms with van der Waals surface area (Å²) in [5, 5.41) is 8.12. The molecule has 1 amide bonds. The van der Waals surface area contributed by atoms with Gasteiger partial charge >= 0.3 is 0 Å². The molecule has 10 heteroatoms. The first-order valence-corrected chi connectivity index (χ1v) is 13.4. The molecule has 0 spiro atoms. The maximum Gasteiger partial charge on any atom is 0.252 e. The van der Waals surface area contributed by atoms with Crippen LogP contribution in [0, 0.1) is 5.82 Å². The van der Waals surface area contributed by atoms with Crippen molar-refractivity contribution in [2.75, 3.05) is 27.7 Å². The van der Waals surface area contributed by atoms with E-state index in [0.717, 1.165) is 36.0 Å². The van der Waals surface area contributed by atoms with Crippen LogP contribution in [0.2, 0.25) is 0 Å². The molecule has 4 aromatic rings. The Morgan fingerprint density at radius 3 is 2.38 bits per heavy atom. The van der Waals surface area contributed by atoms with Crippen LogP contribution in [0.1, 0.15) is 27.9 Å². The van der Waals surface area contributed by atoms with Gasteiger partial charge in [-0.05, 0) is 100 Å². The van der Waals surface area contributed by atoms with Crippen LogP contribution < -0.4 is 10.0 Å². The smallest absolute Gasteiger partial charge is 0.252 e. The van der Waals surface area contributed by atoms with E-state index < -0.39 is 10.0 Å². The fourth-order valence-electron chi connectivity index (χ4n) is 4.09. The molecule has 2 N–H and O–H groups in total. The minimum absolute atomic E-state index is 0.158. The fourth-order valence-corrected chi connectivity index (χ4v) is 4.82. The van der Waals surface area contributed by atoms with Gasteiger partial charge in [-0.25, -0.2) is 22.2 Å². The van der Waals surface area contributed by atoms with Gasteiger partial charge in [-0.15, -0.1) is 0 Å². The Kier molecular flexibility index (Phi) is 8.01. The molecule has 1 heterocycles. The highest BCUT2D eigenvalue weighted by Crippen LogP contribution is 2.25. The van der Waals surface area contributed by atoms with E-state index in [2.05, 4.69) is 20.0 Å².